The Bertz CT molecular complexity index is 906. The van der Waals surface area contributed by atoms with Gasteiger partial charge in [0, 0.05) is 30.9 Å². The van der Waals surface area contributed by atoms with Crippen LogP contribution in [0, 0.1) is 11.3 Å². The number of aryl methyl sites for hydroxylation is 1. The molecular formula is C20H18ClN3O3. The van der Waals surface area contributed by atoms with E-state index < -0.39 is 0 Å². The molecule has 2 amide bonds. The van der Waals surface area contributed by atoms with Crippen LogP contribution in [-0.2, 0) is 16.0 Å². The van der Waals surface area contributed by atoms with Crippen LogP contribution in [0.25, 0.3) is 0 Å². The maximum absolute atomic E-state index is 12.8. The molecule has 0 aromatic heterocycles. The molecule has 0 radical (unpaired) electrons. The zero-order chi connectivity index (χ0) is 19.4. The van der Waals surface area contributed by atoms with Gasteiger partial charge < -0.3 is 4.74 Å². The summed E-state index contributed by atoms with van der Waals surface area (Å²) in [6.45, 7) is 1.09. The van der Waals surface area contributed by atoms with Gasteiger partial charge in [0.25, 0.3) is 0 Å². The molecule has 1 aliphatic rings. The van der Waals surface area contributed by atoms with E-state index in [-0.39, 0.29) is 12.0 Å². The molecule has 3 rings (SSSR count). The first kappa shape index (κ1) is 18.7. The number of carbonyl (C=O) groups is 2. The van der Waals surface area contributed by atoms with E-state index >= 15 is 0 Å². The normalized spacial score (nSPS) is 13.6. The number of urea groups is 1. The minimum Gasteiger partial charge on any atom is -0.469 e. The number of esters is 1. The van der Waals surface area contributed by atoms with Crippen molar-refractivity contribution in [1.82, 2.24) is 0 Å². The van der Waals surface area contributed by atoms with Gasteiger partial charge in [0.05, 0.1) is 17.7 Å². The van der Waals surface area contributed by atoms with Gasteiger partial charge in [-0.15, -0.1) is 0 Å². The molecule has 1 saturated heterocycles. The summed E-state index contributed by atoms with van der Waals surface area (Å²) in [4.78, 5) is 27.4. The lowest BCUT2D eigenvalue weighted by atomic mass is 10.1. The Morgan fingerprint density at radius 3 is 2.37 bits per heavy atom. The van der Waals surface area contributed by atoms with Gasteiger partial charge in [-0.1, -0.05) is 23.7 Å². The fourth-order valence-electron chi connectivity index (χ4n) is 2.97. The van der Waals surface area contributed by atoms with E-state index in [0.29, 0.717) is 42.2 Å². The van der Waals surface area contributed by atoms with Gasteiger partial charge in [-0.05, 0) is 42.3 Å². The Morgan fingerprint density at radius 1 is 1.15 bits per heavy atom. The third kappa shape index (κ3) is 4.04. The van der Waals surface area contributed by atoms with E-state index in [1.165, 1.54) is 7.11 Å². The first-order chi connectivity index (χ1) is 13.0. The van der Waals surface area contributed by atoms with Crippen molar-refractivity contribution in [3.8, 4) is 6.07 Å². The zero-order valence-electron chi connectivity index (χ0n) is 14.8. The van der Waals surface area contributed by atoms with Crippen LogP contribution in [0.1, 0.15) is 17.5 Å². The average Bonchev–Trinajstić information content (AvgIpc) is 3.07. The number of amides is 2. The Kier molecular flexibility index (Phi) is 5.63. The number of nitriles is 1. The maximum Gasteiger partial charge on any atom is 0.329 e. The van der Waals surface area contributed by atoms with Gasteiger partial charge in [0.15, 0.2) is 0 Å². The first-order valence-corrected chi connectivity index (χ1v) is 8.85. The number of anilines is 2. The lowest BCUT2D eigenvalue weighted by Gasteiger charge is -2.19. The van der Waals surface area contributed by atoms with Crippen molar-refractivity contribution in [3.05, 3.63) is 58.6 Å². The van der Waals surface area contributed by atoms with E-state index in [1.807, 2.05) is 30.3 Å². The lowest BCUT2D eigenvalue weighted by molar-refractivity contribution is -0.140. The number of ether oxygens (including phenoxy) is 1. The second-order valence-electron chi connectivity index (χ2n) is 6.10. The minimum atomic E-state index is -0.245. The molecule has 2 aromatic carbocycles. The predicted octanol–water partition coefficient (Wildman–Crippen LogP) is 3.76. The Labute approximate surface area is 162 Å². The van der Waals surface area contributed by atoms with Crippen LogP contribution in [0.15, 0.2) is 42.5 Å². The molecule has 0 atom stereocenters. The standard InChI is InChI=1S/C20H18ClN3O3/c1-27-19(25)9-4-14-2-6-16(7-3-14)23-10-11-24(20(23)26)17-8-5-15(13-22)18(21)12-17/h2-3,5-8,12H,4,9-11H2,1H3. The topological polar surface area (TPSA) is 73.6 Å². The summed E-state index contributed by atoms with van der Waals surface area (Å²) in [5.74, 6) is -0.245. The number of hydrogen-bond donors (Lipinski definition) is 0. The summed E-state index contributed by atoms with van der Waals surface area (Å²) in [7, 11) is 1.37. The van der Waals surface area contributed by atoms with Crippen LogP contribution < -0.4 is 9.80 Å². The second-order valence-corrected chi connectivity index (χ2v) is 6.51. The number of methoxy groups -OCH3 is 1. The Balaban J connectivity index is 1.70. The molecule has 1 heterocycles. The van der Waals surface area contributed by atoms with E-state index in [4.69, 9.17) is 16.9 Å². The molecule has 0 spiro atoms. The summed E-state index contributed by atoms with van der Waals surface area (Å²) in [6.07, 6.45) is 0.919. The summed E-state index contributed by atoms with van der Waals surface area (Å²) in [5.41, 5.74) is 2.85. The molecule has 0 N–H and O–H groups in total. The number of rotatable bonds is 5. The SMILES string of the molecule is COC(=O)CCc1ccc(N2CCN(c3ccc(C#N)c(Cl)c3)C2=O)cc1. The highest BCUT2D eigenvalue weighted by molar-refractivity contribution is 6.32. The fourth-order valence-corrected chi connectivity index (χ4v) is 3.19. The molecule has 27 heavy (non-hydrogen) atoms. The number of nitrogens with zero attached hydrogens (tertiary/aromatic N) is 3. The second kappa shape index (κ2) is 8.11. The zero-order valence-corrected chi connectivity index (χ0v) is 15.6. The monoisotopic (exact) mass is 383 g/mol. The number of carbonyl (C=O) groups excluding carboxylic acids is 2. The summed E-state index contributed by atoms with van der Waals surface area (Å²) < 4.78 is 4.64. The van der Waals surface area contributed by atoms with Crippen molar-refractivity contribution >= 4 is 35.0 Å². The Morgan fingerprint density at radius 2 is 1.78 bits per heavy atom. The smallest absolute Gasteiger partial charge is 0.329 e. The molecule has 1 fully saturated rings. The molecule has 0 aliphatic carbocycles. The molecule has 0 bridgehead atoms. The van der Waals surface area contributed by atoms with Crippen molar-refractivity contribution in [1.29, 1.82) is 5.26 Å². The highest BCUT2D eigenvalue weighted by Crippen LogP contribution is 2.28. The van der Waals surface area contributed by atoms with Crippen molar-refractivity contribution in [2.24, 2.45) is 0 Å². The van der Waals surface area contributed by atoms with E-state index in [2.05, 4.69) is 4.74 Å². The first-order valence-electron chi connectivity index (χ1n) is 8.48. The molecule has 1 aliphatic heterocycles. The fraction of sp³-hybridized carbons (Fsp3) is 0.250. The van der Waals surface area contributed by atoms with Gasteiger partial charge in [-0.3, -0.25) is 14.6 Å². The van der Waals surface area contributed by atoms with Gasteiger partial charge in [-0.25, -0.2) is 4.79 Å². The van der Waals surface area contributed by atoms with Crippen molar-refractivity contribution < 1.29 is 14.3 Å². The maximum atomic E-state index is 12.8. The number of hydrogen-bond acceptors (Lipinski definition) is 4. The number of halogens is 1. The van der Waals surface area contributed by atoms with E-state index in [0.717, 1.165) is 11.3 Å². The van der Waals surface area contributed by atoms with Crippen LogP contribution in [0.2, 0.25) is 5.02 Å². The summed E-state index contributed by atoms with van der Waals surface area (Å²) in [6, 6.07) is 14.4. The largest absolute Gasteiger partial charge is 0.469 e. The third-order valence-corrected chi connectivity index (χ3v) is 4.80. The van der Waals surface area contributed by atoms with Crippen LogP contribution in [0.3, 0.4) is 0 Å². The van der Waals surface area contributed by atoms with E-state index in [9.17, 15) is 9.59 Å². The van der Waals surface area contributed by atoms with Crippen molar-refractivity contribution in [3.63, 3.8) is 0 Å². The summed E-state index contributed by atoms with van der Waals surface area (Å²) >= 11 is 6.08. The molecular weight excluding hydrogens is 366 g/mol. The quantitative estimate of drug-likeness (QED) is 0.737. The number of benzene rings is 2. The lowest BCUT2D eigenvalue weighted by Crippen LogP contribution is -2.31. The van der Waals surface area contributed by atoms with E-state index in [1.54, 1.807) is 28.0 Å². The minimum absolute atomic E-state index is 0.141. The molecule has 0 saturated carbocycles. The van der Waals surface area contributed by atoms with Gasteiger partial charge in [0.1, 0.15) is 6.07 Å². The van der Waals surface area contributed by atoms with Crippen LogP contribution in [-0.4, -0.2) is 32.2 Å². The molecule has 2 aromatic rings. The van der Waals surface area contributed by atoms with Crippen LogP contribution in [0.4, 0.5) is 16.2 Å². The average molecular weight is 384 g/mol. The van der Waals surface area contributed by atoms with Gasteiger partial charge >= 0.3 is 12.0 Å². The highest BCUT2D eigenvalue weighted by atomic mass is 35.5. The third-order valence-electron chi connectivity index (χ3n) is 4.49. The van der Waals surface area contributed by atoms with Crippen LogP contribution >= 0.6 is 11.6 Å². The van der Waals surface area contributed by atoms with Crippen LogP contribution in [0.5, 0.6) is 0 Å². The highest BCUT2D eigenvalue weighted by Gasteiger charge is 2.30. The van der Waals surface area contributed by atoms with Crippen molar-refractivity contribution in [2.45, 2.75) is 12.8 Å². The summed E-state index contributed by atoms with van der Waals surface area (Å²) in [5, 5.41) is 9.30. The van der Waals surface area contributed by atoms with Gasteiger partial charge in [-0.2, -0.15) is 5.26 Å². The molecule has 138 valence electrons. The van der Waals surface area contributed by atoms with Gasteiger partial charge in [0.2, 0.25) is 0 Å². The predicted molar refractivity (Wildman–Crippen MR) is 103 cm³/mol. The molecule has 7 heteroatoms. The van der Waals surface area contributed by atoms with Crippen molar-refractivity contribution in [2.75, 3.05) is 30.0 Å². The molecule has 0 unspecified atom stereocenters. The Hall–Kier alpha value is -3.04. The molecule has 6 nitrogen and oxygen atoms in total.